The molecule has 1 heterocycles. The van der Waals surface area contributed by atoms with Gasteiger partial charge in [0.1, 0.15) is 12.4 Å². The van der Waals surface area contributed by atoms with Crippen molar-refractivity contribution in [2.24, 2.45) is 5.73 Å². The summed E-state index contributed by atoms with van der Waals surface area (Å²) in [7, 11) is 4.04. The number of nitrogens with two attached hydrogens (primary N) is 1. The molecule has 0 aliphatic heterocycles. The molecule has 4 nitrogen and oxygen atoms in total. The molecule has 0 aliphatic rings. The Bertz CT molecular complexity index is 298. The second kappa shape index (κ2) is 6.45. The quantitative estimate of drug-likeness (QED) is 0.792. The molecule has 1 atom stereocenters. The minimum atomic E-state index is 0.0239. The van der Waals surface area contributed by atoms with E-state index in [1.54, 1.807) is 6.20 Å². The molecule has 4 heteroatoms. The topological polar surface area (TPSA) is 51.4 Å². The van der Waals surface area contributed by atoms with Gasteiger partial charge < -0.3 is 15.4 Å². The van der Waals surface area contributed by atoms with Gasteiger partial charge in [0, 0.05) is 12.6 Å². The summed E-state index contributed by atoms with van der Waals surface area (Å²) in [5, 5.41) is 0. The van der Waals surface area contributed by atoms with Gasteiger partial charge in [-0.2, -0.15) is 0 Å². The van der Waals surface area contributed by atoms with Gasteiger partial charge in [-0.05, 0) is 32.6 Å². The number of pyridine rings is 1. The third-order valence-electron chi connectivity index (χ3n) is 2.39. The average Bonchev–Trinajstić information content (AvgIpc) is 2.28. The van der Waals surface area contributed by atoms with Crippen molar-refractivity contribution in [2.75, 3.05) is 27.2 Å². The van der Waals surface area contributed by atoms with Crippen molar-refractivity contribution in [1.82, 2.24) is 9.88 Å². The molecule has 0 radical (unpaired) electrons. The molecule has 1 unspecified atom stereocenters. The zero-order valence-corrected chi connectivity index (χ0v) is 10.3. The zero-order chi connectivity index (χ0) is 12.0. The zero-order valence-electron chi connectivity index (χ0n) is 10.3. The first kappa shape index (κ1) is 12.9. The van der Waals surface area contributed by atoms with Crippen LogP contribution in [0.5, 0.6) is 5.75 Å². The Kier molecular flexibility index (Phi) is 5.22. The van der Waals surface area contributed by atoms with Gasteiger partial charge in [-0.15, -0.1) is 0 Å². The van der Waals surface area contributed by atoms with Crippen LogP contribution in [0.15, 0.2) is 18.3 Å². The third-order valence-corrected chi connectivity index (χ3v) is 2.39. The lowest BCUT2D eigenvalue weighted by molar-refractivity contribution is 0.260. The molecule has 0 saturated carbocycles. The normalized spacial score (nSPS) is 12.8. The van der Waals surface area contributed by atoms with Crippen LogP contribution in [0.25, 0.3) is 0 Å². The average molecular weight is 223 g/mol. The second-order valence-corrected chi connectivity index (χ2v) is 4.09. The van der Waals surface area contributed by atoms with Gasteiger partial charge in [-0.3, -0.25) is 4.98 Å². The van der Waals surface area contributed by atoms with E-state index in [2.05, 4.69) is 9.88 Å². The summed E-state index contributed by atoms with van der Waals surface area (Å²) in [5.74, 6) is 0.800. The predicted molar refractivity (Wildman–Crippen MR) is 65.5 cm³/mol. The van der Waals surface area contributed by atoms with Crippen LogP contribution >= 0.6 is 0 Å². The maximum Gasteiger partial charge on any atom is 0.137 e. The monoisotopic (exact) mass is 223 g/mol. The number of aromatic nitrogens is 1. The lowest BCUT2D eigenvalue weighted by Crippen LogP contribution is -2.19. The van der Waals surface area contributed by atoms with E-state index in [-0.39, 0.29) is 6.04 Å². The van der Waals surface area contributed by atoms with Gasteiger partial charge in [0.25, 0.3) is 0 Å². The van der Waals surface area contributed by atoms with E-state index in [1.165, 1.54) is 0 Å². The van der Waals surface area contributed by atoms with Crippen LogP contribution < -0.4 is 10.5 Å². The van der Waals surface area contributed by atoms with Crippen LogP contribution in [0.1, 0.15) is 25.1 Å². The van der Waals surface area contributed by atoms with E-state index in [4.69, 9.17) is 10.5 Å². The van der Waals surface area contributed by atoms with Crippen LogP contribution in [-0.4, -0.2) is 37.1 Å². The number of hydrogen-bond acceptors (Lipinski definition) is 4. The highest BCUT2D eigenvalue weighted by molar-refractivity contribution is 5.21. The number of hydrogen-bond donors (Lipinski definition) is 1. The number of ether oxygens (including phenoxy) is 1. The molecule has 0 aromatic carbocycles. The van der Waals surface area contributed by atoms with Crippen molar-refractivity contribution < 1.29 is 4.74 Å². The van der Waals surface area contributed by atoms with E-state index < -0.39 is 0 Å². The molecule has 0 spiro atoms. The molecular formula is C12H21N3O. The number of nitrogens with zero attached hydrogens (tertiary/aromatic N) is 2. The molecule has 0 bridgehead atoms. The van der Waals surface area contributed by atoms with Gasteiger partial charge in [0.2, 0.25) is 0 Å². The second-order valence-electron chi connectivity index (χ2n) is 4.09. The molecule has 1 aromatic heterocycles. The summed E-state index contributed by atoms with van der Waals surface area (Å²) in [4.78, 5) is 6.36. The Morgan fingerprint density at radius 3 is 2.69 bits per heavy atom. The Hall–Kier alpha value is -1.13. The number of rotatable bonds is 6. The van der Waals surface area contributed by atoms with Gasteiger partial charge in [0.15, 0.2) is 0 Å². The van der Waals surface area contributed by atoms with Gasteiger partial charge >= 0.3 is 0 Å². The summed E-state index contributed by atoms with van der Waals surface area (Å²) in [5.41, 5.74) is 6.79. The maximum atomic E-state index is 5.87. The molecule has 0 aliphatic carbocycles. The highest BCUT2D eigenvalue weighted by Gasteiger charge is 2.04. The molecule has 1 rings (SSSR count). The van der Waals surface area contributed by atoms with Crippen molar-refractivity contribution in [3.05, 3.63) is 24.0 Å². The summed E-state index contributed by atoms with van der Waals surface area (Å²) in [6.07, 6.45) is 2.63. The van der Waals surface area contributed by atoms with E-state index in [0.717, 1.165) is 24.4 Å². The van der Waals surface area contributed by atoms with Crippen molar-refractivity contribution in [1.29, 1.82) is 0 Å². The van der Waals surface area contributed by atoms with Crippen molar-refractivity contribution in [3.8, 4) is 5.75 Å². The van der Waals surface area contributed by atoms with Crippen LogP contribution in [0.2, 0.25) is 0 Å². The van der Waals surface area contributed by atoms with Crippen LogP contribution in [0.4, 0.5) is 0 Å². The first-order valence-corrected chi connectivity index (χ1v) is 5.62. The lowest BCUT2D eigenvalue weighted by Gasteiger charge is -2.12. The third kappa shape index (κ3) is 4.16. The molecule has 2 N–H and O–H groups in total. The highest BCUT2D eigenvalue weighted by Crippen LogP contribution is 2.14. The minimum Gasteiger partial charge on any atom is -0.491 e. The number of likely N-dealkylation sites (N-methyl/N-ethyl adjacent to an activating group) is 1. The Morgan fingerprint density at radius 2 is 2.19 bits per heavy atom. The fourth-order valence-electron chi connectivity index (χ4n) is 1.25. The van der Waals surface area contributed by atoms with Crippen LogP contribution in [0.3, 0.4) is 0 Å². The molecule has 16 heavy (non-hydrogen) atoms. The van der Waals surface area contributed by atoms with Crippen molar-refractivity contribution in [2.45, 2.75) is 19.4 Å². The maximum absolute atomic E-state index is 5.87. The Balaban J connectivity index is 2.45. The Labute approximate surface area is 97.4 Å². The van der Waals surface area contributed by atoms with Crippen molar-refractivity contribution in [3.63, 3.8) is 0 Å². The molecule has 0 fully saturated rings. The summed E-state index contributed by atoms with van der Waals surface area (Å²) >= 11 is 0. The first-order valence-electron chi connectivity index (χ1n) is 5.62. The molecule has 90 valence electrons. The summed E-state index contributed by atoms with van der Waals surface area (Å²) in [6, 6.07) is 3.88. The van der Waals surface area contributed by atoms with E-state index >= 15 is 0 Å². The summed E-state index contributed by atoms with van der Waals surface area (Å²) < 4.78 is 5.54. The minimum absolute atomic E-state index is 0.0239. The van der Waals surface area contributed by atoms with E-state index in [0.29, 0.717) is 6.61 Å². The standard InChI is InChI=1S/C12H21N3O/c1-4-11(13)12-6-5-10(9-14-12)16-8-7-15(2)3/h5-6,9,11H,4,7-8,13H2,1-3H3. The fraction of sp³-hybridized carbons (Fsp3) is 0.583. The molecular weight excluding hydrogens is 202 g/mol. The van der Waals surface area contributed by atoms with E-state index in [9.17, 15) is 0 Å². The van der Waals surface area contributed by atoms with Gasteiger partial charge in [-0.1, -0.05) is 6.92 Å². The fourth-order valence-corrected chi connectivity index (χ4v) is 1.25. The summed E-state index contributed by atoms with van der Waals surface area (Å²) in [6.45, 7) is 3.62. The van der Waals surface area contributed by atoms with Gasteiger partial charge in [0.05, 0.1) is 11.9 Å². The van der Waals surface area contributed by atoms with Gasteiger partial charge in [-0.25, -0.2) is 0 Å². The van der Waals surface area contributed by atoms with Crippen LogP contribution in [-0.2, 0) is 0 Å². The molecule has 0 saturated heterocycles. The SMILES string of the molecule is CCC(N)c1ccc(OCCN(C)C)cn1. The van der Waals surface area contributed by atoms with Crippen molar-refractivity contribution >= 4 is 0 Å². The van der Waals surface area contributed by atoms with Crippen LogP contribution in [0, 0.1) is 0 Å². The van der Waals surface area contributed by atoms with E-state index in [1.807, 2.05) is 33.2 Å². The predicted octanol–water partition coefficient (Wildman–Crippen LogP) is 1.43. The Morgan fingerprint density at radius 1 is 1.44 bits per heavy atom. The first-order chi connectivity index (χ1) is 7.63. The molecule has 0 amide bonds. The molecule has 1 aromatic rings. The lowest BCUT2D eigenvalue weighted by atomic mass is 10.1. The smallest absolute Gasteiger partial charge is 0.137 e. The largest absolute Gasteiger partial charge is 0.491 e. The highest BCUT2D eigenvalue weighted by atomic mass is 16.5.